The molecule has 36 heavy (non-hydrogen) atoms. The second kappa shape index (κ2) is 8.83. The third kappa shape index (κ3) is 4.45. The van der Waals surface area contributed by atoms with Gasteiger partial charge in [-0.3, -0.25) is 0 Å². The molecule has 10 heteroatoms. The van der Waals surface area contributed by atoms with E-state index in [9.17, 15) is 4.79 Å². The zero-order chi connectivity index (χ0) is 25.6. The van der Waals surface area contributed by atoms with Crippen LogP contribution in [0.3, 0.4) is 0 Å². The maximum absolute atomic E-state index is 13.2. The van der Waals surface area contributed by atoms with Gasteiger partial charge in [0.1, 0.15) is 17.2 Å². The molecule has 9 nitrogen and oxygen atoms in total. The predicted molar refractivity (Wildman–Crippen MR) is 139 cm³/mol. The summed E-state index contributed by atoms with van der Waals surface area (Å²) in [6.07, 6.45) is 5.83. The molecule has 4 aromatic heterocycles. The molecule has 0 amide bonds. The van der Waals surface area contributed by atoms with E-state index in [2.05, 4.69) is 20.3 Å². The van der Waals surface area contributed by atoms with E-state index in [0.29, 0.717) is 33.5 Å². The van der Waals surface area contributed by atoms with Crippen LogP contribution in [0.5, 0.6) is 0 Å². The van der Waals surface area contributed by atoms with Crippen LogP contribution in [0.25, 0.3) is 33.6 Å². The minimum atomic E-state index is -0.678. The number of carbonyl (C=O) groups excluding carboxylic acids is 1. The molecule has 1 N–H and O–H groups in total. The number of nitrogens with one attached hydrogen (secondary N) is 1. The minimum absolute atomic E-state index is 0.440. The smallest absolute Gasteiger partial charge is 0.419 e. The Labute approximate surface area is 212 Å². The Morgan fingerprint density at radius 1 is 1.08 bits per heavy atom. The Morgan fingerprint density at radius 3 is 2.53 bits per heavy atom. The highest BCUT2D eigenvalue weighted by Crippen LogP contribution is 2.33. The van der Waals surface area contributed by atoms with Crippen LogP contribution in [0.4, 0.5) is 16.3 Å². The first-order valence-corrected chi connectivity index (χ1v) is 11.7. The van der Waals surface area contributed by atoms with Crippen LogP contribution in [0.1, 0.15) is 26.6 Å². The van der Waals surface area contributed by atoms with Crippen LogP contribution in [-0.2, 0) is 11.8 Å². The number of aromatic nitrogens is 5. The third-order valence-electron chi connectivity index (χ3n) is 5.69. The van der Waals surface area contributed by atoms with Crippen molar-refractivity contribution in [2.24, 2.45) is 7.05 Å². The lowest BCUT2D eigenvalue weighted by Gasteiger charge is -2.20. The molecule has 0 unspecified atom stereocenters. The average Bonchev–Trinajstić information content (AvgIpc) is 3.53. The lowest BCUT2D eigenvalue weighted by atomic mass is 10.1. The van der Waals surface area contributed by atoms with Crippen molar-refractivity contribution in [3.05, 3.63) is 66.2 Å². The number of halogens is 1. The molecule has 4 heterocycles. The number of nitrogens with zero attached hydrogens (tertiary/aromatic N) is 5. The van der Waals surface area contributed by atoms with E-state index >= 15 is 0 Å². The molecule has 0 aliphatic heterocycles. The summed E-state index contributed by atoms with van der Waals surface area (Å²) in [7, 11) is 1.96. The van der Waals surface area contributed by atoms with Crippen LogP contribution in [0.2, 0.25) is 5.02 Å². The van der Waals surface area contributed by atoms with Gasteiger partial charge in [-0.2, -0.15) is 0 Å². The molecule has 0 aliphatic carbocycles. The Balaban J connectivity index is 1.53. The SMILES string of the molecule is Cc1ncc(-c2ccc(Nc3cc4c(cn3)cc(-c3cnco3)n4C(=O)OC(C)(C)C)c(Cl)c2)n1C. The van der Waals surface area contributed by atoms with Crippen molar-refractivity contribution in [2.75, 3.05) is 5.32 Å². The standard InChI is InChI=1S/C26H25ClN6O3/c1-15-29-12-22(32(15)5)16-6-7-19(18(27)8-16)31-24-10-20-17(11-30-24)9-21(23-13-28-14-35-23)33(20)25(34)36-26(2,3)4/h6-14H,1-5H3,(H,30,31). The van der Waals surface area contributed by atoms with E-state index in [1.807, 2.05) is 69.8 Å². The molecule has 184 valence electrons. The van der Waals surface area contributed by atoms with Gasteiger partial charge in [-0.05, 0) is 45.9 Å². The van der Waals surface area contributed by atoms with Gasteiger partial charge < -0.3 is 19.0 Å². The molecule has 0 saturated heterocycles. The quantitative estimate of drug-likeness (QED) is 0.295. The molecule has 5 aromatic rings. The van der Waals surface area contributed by atoms with E-state index < -0.39 is 11.7 Å². The molecule has 0 saturated carbocycles. The first-order valence-electron chi connectivity index (χ1n) is 11.3. The summed E-state index contributed by atoms with van der Waals surface area (Å²) >= 11 is 6.61. The lowest BCUT2D eigenvalue weighted by molar-refractivity contribution is 0.0546. The van der Waals surface area contributed by atoms with Crippen LogP contribution in [0.15, 0.2) is 59.7 Å². The number of anilines is 2. The van der Waals surface area contributed by atoms with Gasteiger partial charge in [0.2, 0.25) is 0 Å². The molecular weight excluding hydrogens is 480 g/mol. The first-order chi connectivity index (χ1) is 17.1. The number of benzene rings is 1. The van der Waals surface area contributed by atoms with Gasteiger partial charge in [-0.25, -0.2) is 24.3 Å². The van der Waals surface area contributed by atoms with E-state index in [1.54, 1.807) is 18.5 Å². The van der Waals surface area contributed by atoms with Crippen LogP contribution in [0, 0.1) is 6.92 Å². The van der Waals surface area contributed by atoms with E-state index in [-0.39, 0.29) is 0 Å². The van der Waals surface area contributed by atoms with E-state index in [1.165, 1.54) is 11.0 Å². The zero-order valence-electron chi connectivity index (χ0n) is 20.5. The molecule has 0 atom stereocenters. The fourth-order valence-corrected chi connectivity index (χ4v) is 4.11. The highest BCUT2D eigenvalue weighted by Gasteiger charge is 2.24. The van der Waals surface area contributed by atoms with E-state index in [0.717, 1.165) is 22.5 Å². The van der Waals surface area contributed by atoms with Crippen molar-refractivity contribution in [3.63, 3.8) is 0 Å². The maximum Gasteiger partial charge on any atom is 0.419 e. The van der Waals surface area contributed by atoms with Crippen molar-refractivity contribution in [2.45, 2.75) is 33.3 Å². The van der Waals surface area contributed by atoms with Gasteiger partial charge in [0.15, 0.2) is 12.2 Å². The normalized spacial score (nSPS) is 11.7. The molecule has 5 rings (SSSR count). The maximum atomic E-state index is 13.2. The Bertz CT molecular complexity index is 1580. The highest BCUT2D eigenvalue weighted by atomic mass is 35.5. The van der Waals surface area contributed by atoms with Crippen molar-refractivity contribution in [1.82, 2.24) is 24.1 Å². The Kier molecular flexibility index (Phi) is 5.80. The van der Waals surface area contributed by atoms with Gasteiger partial charge in [-0.1, -0.05) is 17.7 Å². The van der Waals surface area contributed by atoms with Gasteiger partial charge in [0.25, 0.3) is 0 Å². The minimum Gasteiger partial charge on any atom is -0.443 e. The molecule has 0 spiro atoms. The fourth-order valence-electron chi connectivity index (χ4n) is 3.88. The lowest BCUT2D eigenvalue weighted by Crippen LogP contribution is -2.27. The summed E-state index contributed by atoms with van der Waals surface area (Å²) in [6.45, 7) is 7.40. The number of carbonyl (C=O) groups is 1. The summed E-state index contributed by atoms with van der Waals surface area (Å²) < 4.78 is 14.6. The topological polar surface area (TPSA) is 100 Å². The second-order valence-corrected chi connectivity index (χ2v) is 9.82. The Morgan fingerprint density at radius 2 is 1.89 bits per heavy atom. The number of oxazole rings is 1. The summed E-state index contributed by atoms with van der Waals surface area (Å²) in [6, 6.07) is 9.32. The fraction of sp³-hybridized carbons (Fsp3) is 0.231. The number of fused-ring (bicyclic) bond motifs is 1. The number of ether oxygens (including phenoxy) is 1. The molecule has 0 aliphatic rings. The van der Waals surface area contributed by atoms with Gasteiger partial charge in [-0.15, -0.1) is 0 Å². The van der Waals surface area contributed by atoms with Crippen molar-refractivity contribution in [1.29, 1.82) is 0 Å². The van der Waals surface area contributed by atoms with Crippen LogP contribution in [-0.4, -0.2) is 35.8 Å². The Hall–Kier alpha value is -4.11. The summed E-state index contributed by atoms with van der Waals surface area (Å²) in [5.41, 5.74) is 3.04. The number of pyridine rings is 1. The highest BCUT2D eigenvalue weighted by molar-refractivity contribution is 6.33. The summed E-state index contributed by atoms with van der Waals surface area (Å²) in [5.74, 6) is 1.87. The molecule has 1 aromatic carbocycles. The van der Waals surface area contributed by atoms with Crippen molar-refractivity contribution in [3.8, 4) is 22.7 Å². The second-order valence-electron chi connectivity index (χ2n) is 9.41. The molecule has 0 radical (unpaired) electrons. The number of hydrogen-bond donors (Lipinski definition) is 1. The average molecular weight is 505 g/mol. The van der Waals surface area contributed by atoms with Crippen LogP contribution >= 0.6 is 11.6 Å². The predicted octanol–water partition coefficient (Wildman–Crippen LogP) is 6.58. The third-order valence-corrected chi connectivity index (χ3v) is 6.01. The number of imidazole rings is 1. The summed E-state index contributed by atoms with van der Waals surface area (Å²) in [4.78, 5) is 26.0. The molecule has 0 fully saturated rings. The molecular formula is C26H25ClN6O3. The van der Waals surface area contributed by atoms with Crippen molar-refractivity contribution < 1.29 is 13.9 Å². The zero-order valence-corrected chi connectivity index (χ0v) is 21.3. The van der Waals surface area contributed by atoms with Crippen molar-refractivity contribution >= 4 is 40.1 Å². The monoisotopic (exact) mass is 504 g/mol. The largest absolute Gasteiger partial charge is 0.443 e. The number of hydrogen-bond acceptors (Lipinski definition) is 7. The van der Waals surface area contributed by atoms with Crippen LogP contribution < -0.4 is 5.32 Å². The van der Waals surface area contributed by atoms with Gasteiger partial charge in [0.05, 0.1) is 40.0 Å². The van der Waals surface area contributed by atoms with Gasteiger partial charge >= 0.3 is 6.09 Å². The van der Waals surface area contributed by atoms with Gasteiger partial charge in [0, 0.05) is 30.3 Å². The molecule has 0 bridgehead atoms. The first kappa shape index (κ1) is 23.6. The number of aryl methyl sites for hydroxylation is 1. The summed E-state index contributed by atoms with van der Waals surface area (Å²) in [5, 5.41) is 4.52. The number of rotatable bonds is 4. The van der Waals surface area contributed by atoms with E-state index in [4.69, 9.17) is 20.8 Å².